The van der Waals surface area contributed by atoms with Gasteiger partial charge in [-0.3, -0.25) is 0 Å². The van der Waals surface area contributed by atoms with Gasteiger partial charge in [-0.15, -0.1) is 0 Å². The van der Waals surface area contributed by atoms with E-state index < -0.39 is 5.82 Å². The summed E-state index contributed by atoms with van der Waals surface area (Å²) < 4.78 is 13.8. The number of nitrogens with one attached hydrogen (secondary N) is 2. The molecule has 0 unspecified atom stereocenters. The summed E-state index contributed by atoms with van der Waals surface area (Å²) in [5, 5.41) is 6.17. The van der Waals surface area contributed by atoms with Crippen molar-refractivity contribution in [3.63, 3.8) is 0 Å². The maximum Gasteiger partial charge on any atom is 0.233 e. The van der Waals surface area contributed by atoms with Gasteiger partial charge in [0.05, 0.1) is 5.69 Å². The normalized spacial score (nSPS) is 10.3. The molecule has 0 saturated heterocycles. The zero-order valence-electron chi connectivity index (χ0n) is 12.0. The Bertz CT molecular complexity index is 634. The zero-order valence-corrected chi connectivity index (χ0v) is 12.7. The van der Waals surface area contributed by atoms with Crippen LogP contribution in [0.15, 0.2) is 18.2 Å². The van der Waals surface area contributed by atoms with E-state index in [9.17, 15) is 4.39 Å². The highest BCUT2D eigenvalue weighted by Gasteiger charge is 2.10. The molecule has 0 atom stereocenters. The summed E-state index contributed by atoms with van der Waals surface area (Å²) in [6.45, 7) is 2.61. The van der Waals surface area contributed by atoms with Gasteiger partial charge < -0.3 is 15.5 Å². The van der Waals surface area contributed by atoms with Gasteiger partial charge in [-0.2, -0.15) is 15.0 Å². The van der Waals surface area contributed by atoms with Crippen LogP contribution in [0.2, 0.25) is 5.02 Å². The highest BCUT2D eigenvalue weighted by Crippen LogP contribution is 2.22. The van der Waals surface area contributed by atoms with Crippen LogP contribution in [0.1, 0.15) is 6.92 Å². The average molecular weight is 311 g/mol. The summed E-state index contributed by atoms with van der Waals surface area (Å²) in [6, 6.07) is 4.35. The second-order valence-electron chi connectivity index (χ2n) is 4.46. The molecule has 0 aliphatic carbocycles. The molecule has 0 bridgehead atoms. The van der Waals surface area contributed by atoms with Gasteiger partial charge in [-0.05, 0) is 25.1 Å². The molecular formula is C13H16ClFN6. The Balaban J connectivity index is 2.33. The fourth-order valence-corrected chi connectivity index (χ4v) is 1.73. The maximum atomic E-state index is 13.8. The van der Waals surface area contributed by atoms with Crippen molar-refractivity contribution in [2.75, 3.05) is 36.2 Å². The number of hydrogen-bond acceptors (Lipinski definition) is 6. The molecule has 112 valence electrons. The predicted octanol–water partition coefficient (Wildman–Crippen LogP) is 2.91. The molecule has 0 amide bonds. The van der Waals surface area contributed by atoms with Crippen molar-refractivity contribution < 1.29 is 4.39 Å². The number of hydrogen-bond donors (Lipinski definition) is 2. The molecule has 1 aromatic heterocycles. The van der Waals surface area contributed by atoms with E-state index in [1.165, 1.54) is 12.1 Å². The van der Waals surface area contributed by atoms with E-state index in [2.05, 4.69) is 25.6 Å². The van der Waals surface area contributed by atoms with E-state index in [0.717, 1.165) is 0 Å². The van der Waals surface area contributed by atoms with Gasteiger partial charge in [0, 0.05) is 25.7 Å². The van der Waals surface area contributed by atoms with E-state index >= 15 is 0 Å². The largest absolute Gasteiger partial charge is 0.354 e. The Hall–Kier alpha value is -2.15. The predicted molar refractivity (Wildman–Crippen MR) is 83.0 cm³/mol. The zero-order chi connectivity index (χ0) is 15.4. The summed E-state index contributed by atoms with van der Waals surface area (Å²) in [5.41, 5.74) is 0.248. The maximum absolute atomic E-state index is 13.8. The van der Waals surface area contributed by atoms with Gasteiger partial charge in [0.1, 0.15) is 5.82 Å². The number of halogens is 2. The number of rotatable bonds is 5. The third kappa shape index (κ3) is 3.91. The first-order valence-corrected chi connectivity index (χ1v) is 6.76. The minimum atomic E-state index is -0.473. The molecule has 2 aromatic rings. The van der Waals surface area contributed by atoms with Gasteiger partial charge in [0.2, 0.25) is 17.8 Å². The molecule has 2 N–H and O–H groups in total. The van der Waals surface area contributed by atoms with Crippen molar-refractivity contribution in [3.05, 3.63) is 29.0 Å². The molecule has 0 saturated carbocycles. The van der Waals surface area contributed by atoms with Crippen LogP contribution in [-0.4, -0.2) is 35.6 Å². The van der Waals surface area contributed by atoms with E-state index in [1.807, 2.05) is 21.0 Å². The molecule has 21 heavy (non-hydrogen) atoms. The quantitative estimate of drug-likeness (QED) is 0.885. The molecule has 1 aromatic carbocycles. The first-order valence-electron chi connectivity index (χ1n) is 6.39. The van der Waals surface area contributed by atoms with E-state index in [0.29, 0.717) is 23.5 Å². The van der Waals surface area contributed by atoms with Gasteiger partial charge >= 0.3 is 0 Å². The molecule has 1 heterocycles. The van der Waals surface area contributed by atoms with Crippen LogP contribution in [0.3, 0.4) is 0 Å². The van der Waals surface area contributed by atoms with E-state index in [-0.39, 0.29) is 11.6 Å². The van der Waals surface area contributed by atoms with Gasteiger partial charge in [0.15, 0.2) is 0 Å². The summed E-state index contributed by atoms with van der Waals surface area (Å²) >= 11 is 5.73. The summed E-state index contributed by atoms with van der Waals surface area (Å²) in [5.74, 6) is 0.677. The highest BCUT2D eigenvalue weighted by atomic mass is 35.5. The number of anilines is 4. The Morgan fingerprint density at radius 1 is 1.19 bits per heavy atom. The molecule has 0 fully saturated rings. The third-order valence-electron chi connectivity index (χ3n) is 2.54. The lowest BCUT2D eigenvalue weighted by molar-refractivity contribution is 0.631. The van der Waals surface area contributed by atoms with Gasteiger partial charge in [-0.25, -0.2) is 4.39 Å². The molecule has 0 aliphatic rings. The number of benzene rings is 1. The monoisotopic (exact) mass is 310 g/mol. The van der Waals surface area contributed by atoms with Crippen LogP contribution in [-0.2, 0) is 0 Å². The van der Waals surface area contributed by atoms with Crippen LogP contribution in [0.4, 0.5) is 27.9 Å². The van der Waals surface area contributed by atoms with Crippen LogP contribution in [0.5, 0.6) is 0 Å². The van der Waals surface area contributed by atoms with Crippen LogP contribution in [0, 0.1) is 5.82 Å². The number of aromatic nitrogens is 3. The van der Waals surface area contributed by atoms with E-state index in [4.69, 9.17) is 11.6 Å². The van der Waals surface area contributed by atoms with Crippen molar-refractivity contribution in [1.82, 2.24) is 15.0 Å². The molecule has 8 heteroatoms. The summed E-state index contributed by atoms with van der Waals surface area (Å²) in [6.07, 6.45) is 0. The Morgan fingerprint density at radius 2 is 1.90 bits per heavy atom. The minimum absolute atomic E-state index is 0.248. The minimum Gasteiger partial charge on any atom is -0.354 e. The molecule has 0 aliphatic heterocycles. The molecule has 0 radical (unpaired) electrons. The van der Waals surface area contributed by atoms with Crippen LogP contribution < -0.4 is 15.5 Å². The van der Waals surface area contributed by atoms with Gasteiger partial charge in [0.25, 0.3) is 0 Å². The Morgan fingerprint density at radius 3 is 2.52 bits per heavy atom. The fraction of sp³-hybridized carbons (Fsp3) is 0.308. The summed E-state index contributed by atoms with van der Waals surface area (Å²) in [7, 11) is 3.63. The average Bonchev–Trinajstić information content (AvgIpc) is 2.42. The Labute approximate surface area is 127 Å². The molecule has 0 spiro atoms. The molecule has 2 rings (SSSR count). The lowest BCUT2D eigenvalue weighted by Gasteiger charge is -2.14. The van der Waals surface area contributed by atoms with Crippen molar-refractivity contribution in [1.29, 1.82) is 0 Å². The summed E-state index contributed by atoms with van der Waals surface area (Å²) in [4.78, 5) is 14.4. The SMILES string of the molecule is CCNc1nc(Nc2ccc(Cl)cc2F)nc(N(C)C)n1. The third-order valence-corrected chi connectivity index (χ3v) is 2.77. The number of nitrogens with zero attached hydrogens (tertiary/aromatic N) is 4. The lowest BCUT2D eigenvalue weighted by atomic mass is 10.3. The molecule has 6 nitrogen and oxygen atoms in total. The second kappa shape index (κ2) is 6.53. The first-order chi connectivity index (χ1) is 9.99. The van der Waals surface area contributed by atoms with Crippen molar-refractivity contribution >= 4 is 35.1 Å². The highest BCUT2D eigenvalue weighted by molar-refractivity contribution is 6.30. The molecular weight excluding hydrogens is 295 g/mol. The first kappa shape index (κ1) is 15.2. The standard InChI is InChI=1S/C13H16ClFN6/c1-4-16-11-18-12(20-13(19-11)21(2)3)17-10-6-5-8(14)7-9(10)15/h5-7H,4H2,1-3H3,(H2,16,17,18,19,20). The topological polar surface area (TPSA) is 66.0 Å². The van der Waals surface area contributed by atoms with Gasteiger partial charge in [-0.1, -0.05) is 11.6 Å². The van der Waals surface area contributed by atoms with Crippen molar-refractivity contribution in [3.8, 4) is 0 Å². The van der Waals surface area contributed by atoms with Crippen LogP contribution in [0.25, 0.3) is 0 Å². The smallest absolute Gasteiger partial charge is 0.233 e. The van der Waals surface area contributed by atoms with Crippen molar-refractivity contribution in [2.45, 2.75) is 6.92 Å². The Kier molecular flexibility index (Phi) is 4.74. The van der Waals surface area contributed by atoms with E-state index in [1.54, 1.807) is 11.0 Å². The fourth-order valence-electron chi connectivity index (χ4n) is 1.57. The second-order valence-corrected chi connectivity index (χ2v) is 4.89. The van der Waals surface area contributed by atoms with Crippen molar-refractivity contribution in [2.24, 2.45) is 0 Å². The van der Waals surface area contributed by atoms with Crippen LogP contribution >= 0.6 is 11.6 Å². The lowest BCUT2D eigenvalue weighted by Crippen LogP contribution is -2.16.